The summed E-state index contributed by atoms with van der Waals surface area (Å²) in [6.45, 7) is 6.28. The average molecular weight is 491 g/mol. The summed E-state index contributed by atoms with van der Waals surface area (Å²) in [7, 11) is 0. The lowest BCUT2D eigenvalue weighted by atomic mass is 9.99. The van der Waals surface area contributed by atoms with Gasteiger partial charge in [-0.3, -0.25) is 4.79 Å². The van der Waals surface area contributed by atoms with Crippen molar-refractivity contribution in [2.45, 2.75) is 20.8 Å². The molecule has 0 saturated carbocycles. The van der Waals surface area contributed by atoms with Gasteiger partial charge in [-0.1, -0.05) is 28.1 Å². The van der Waals surface area contributed by atoms with E-state index in [9.17, 15) is 4.79 Å². The second kappa shape index (κ2) is 9.40. The number of ether oxygens (including phenoxy) is 1. The minimum Gasteiger partial charge on any atom is -0.493 e. The molecule has 0 atom stereocenters. The Balaban J connectivity index is 1.72. The molecule has 5 nitrogen and oxygen atoms in total. The zero-order valence-electron chi connectivity index (χ0n) is 18.1. The zero-order chi connectivity index (χ0) is 22.7. The smallest absolute Gasteiger partial charge is 0.249 e. The van der Waals surface area contributed by atoms with Gasteiger partial charge in [0.15, 0.2) is 0 Å². The highest BCUT2D eigenvalue weighted by atomic mass is 79.9. The number of rotatable bonds is 6. The number of furan rings is 1. The Bertz CT molecular complexity index is 1310. The molecule has 6 heteroatoms. The van der Waals surface area contributed by atoms with Gasteiger partial charge in [0.25, 0.3) is 0 Å². The lowest BCUT2D eigenvalue weighted by Crippen LogP contribution is -2.10. The van der Waals surface area contributed by atoms with Crippen molar-refractivity contribution in [3.05, 3.63) is 82.7 Å². The number of fused-ring (bicyclic) bond motifs is 1. The van der Waals surface area contributed by atoms with Crippen LogP contribution < -0.4 is 10.1 Å². The summed E-state index contributed by atoms with van der Waals surface area (Å²) < 4.78 is 12.7. The van der Waals surface area contributed by atoms with Crippen molar-refractivity contribution in [1.29, 1.82) is 0 Å². The molecule has 0 spiro atoms. The fourth-order valence-electron chi connectivity index (χ4n) is 3.53. The first kappa shape index (κ1) is 21.8. The van der Waals surface area contributed by atoms with Crippen LogP contribution in [-0.2, 0) is 4.79 Å². The van der Waals surface area contributed by atoms with E-state index in [1.165, 1.54) is 0 Å². The first-order valence-corrected chi connectivity index (χ1v) is 11.1. The quantitative estimate of drug-likeness (QED) is 0.295. The number of hydrogen-bond acceptors (Lipinski definition) is 4. The van der Waals surface area contributed by atoms with Crippen LogP contribution in [0.25, 0.3) is 27.7 Å². The molecule has 162 valence electrons. The van der Waals surface area contributed by atoms with Gasteiger partial charge in [0, 0.05) is 39.3 Å². The molecule has 0 fully saturated rings. The number of benzene rings is 2. The largest absolute Gasteiger partial charge is 0.493 e. The van der Waals surface area contributed by atoms with E-state index < -0.39 is 0 Å². The number of carbonyl (C=O) groups is 1. The molecule has 0 unspecified atom stereocenters. The fourth-order valence-corrected chi connectivity index (χ4v) is 3.80. The number of aromatic nitrogens is 1. The third-order valence-electron chi connectivity index (χ3n) is 5.07. The Morgan fingerprint density at radius 3 is 2.69 bits per heavy atom. The van der Waals surface area contributed by atoms with E-state index in [0.29, 0.717) is 18.2 Å². The van der Waals surface area contributed by atoms with Gasteiger partial charge in [0.05, 0.1) is 12.9 Å². The van der Waals surface area contributed by atoms with Crippen LogP contribution in [-0.4, -0.2) is 17.5 Å². The Kier molecular flexibility index (Phi) is 6.42. The molecule has 2 aromatic heterocycles. The summed E-state index contributed by atoms with van der Waals surface area (Å²) in [4.78, 5) is 16.8. The molecule has 1 amide bonds. The van der Waals surface area contributed by atoms with E-state index in [4.69, 9.17) is 9.15 Å². The van der Waals surface area contributed by atoms with Gasteiger partial charge in [-0.15, -0.1) is 0 Å². The number of anilines is 1. The summed E-state index contributed by atoms with van der Waals surface area (Å²) >= 11 is 3.48. The highest BCUT2D eigenvalue weighted by molar-refractivity contribution is 9.10. The van der Waals surface area contributed by atoms with Crippen LogP contribution in [0.2, 0.25) is 0 Å². The van der Waals surface area contributed by atoms with Crippen LogP contribution in [0.3, 0.4) is 0 Å². The van der Waals surface area contributed by atoms with Crippen molar-refractivity contribution in [3.8, 4) is 16.9 Å². The zero-order valence-corrected chi connectivity index (χ0v) is 19.7. The van der Waals surface area contributed by atoms with E-state index >= 15 is 0 Å². The average Bonchev–Trinajstić information content (AvgIpc) is 3.16. The standard InChI is InChI=1S/C26H23BrN2O3/c1-4-31-23-14-24-21(22(15-32-24)18-5-7-19(27)8-6-18)13-20(23)17(3)12-26(30)29-25-11-16(2)9-10-28-25/h5-15H,4H2,1-3H3,(H,28,29,30)/b17-12+. The Morgan fingerprint density at radius 2 is 1.97 bits per heavy atom. The SMILES string of the molecule is CCOc1cc2occ(-c3ccc(Br)cc3)c2cc1/C(C)=C/C(=O)Nc1cc(C)ccn1. The topological polar surface area (TPSA) is 64.4 Å². The fraction of sp³-hybridized carbons (Fsp3) is 0.154. The summed E-state index contributed by atoms with van der Waals surface area (Å²) in [5.41, 5.74) is 5.41. The minimum atomic E-state index is -0.247. The molecule has 0 bridgehead atoms. The van der Waals surface area contributed by atoms with Gasteiger partial charge in [-0.25, -0.2) is 4.98 Å². The molecule has 2 aromatic carbocycles. The minimum absolute atomic E-state index is 0.247. The van der Waals surface area contributed by atoms with Crippen molar-refractivity contribution < 1.29 is 13.9 Å². The van der Waals surface area contributed by atoms with Crippen molar-refractivity contribution in [2.75, 3.05) is 11.9 Å². The predicted octanol–water partition coefficient (Wildman–Crippen LogP) is 7.01. The van der Waals surface area contributed by atoms with Crippen molar-refractivity contribution >= 4 is 44.2 Å². The first-order valence-electron chi connectivity index (χ1n) is 10.3. The molecular weight excluding hydrogens is 468 g/mol. The summed E-state index contributed by atoms with van der Waals surface area (Å²) in [5.74, 6) is 0.947. The highest BCUT2D eigenvalue weighted by Crippen LogP contribution is 2.37. The molecule has 0 aliphatic heterocycles. The van der Waals surface area contributed by atoms with Crippen LogP contribution >= 0.6 is 15.9 Å². The monoisotopic (exact) mass is 490 g/mol. The molecule has 0 radical (unpaired) electrons. The van der Waals surface area contributed by atoms with Gasteiger partial charge >= 0.3 is 0 Å². The second-order valence-electron chi connectivity index (χ2n) is 7.47. The predicted molar refractivity (Wildman–Crippen MR) is 132 cm³/mol. The third kappa shape index (κ3) is 4.75. The summed E-state index contributed by atoms with van der Waals surface area (Å²) in [6.07, 6.45) is 4.99. The number of aryl methyl sites for hydroxylation is 1. The summed E-state index contributed by atoms with van der Waals surface area (Å²) in [6, 6.07) is 15.7. The number of carbonyl (C=O) groups excluding carboxylic acids is 1. The van der Waals surface area contributed by atoms with Gasteiger partial charge in [-0.05, 0) is 67.8 Å². The molecule has 32 heavy (non-hydrogen) atoms. The lowest BCUT2D eigenvalue weighted by Gasteiger charge is -2.12. The first-order chi connectivity index (χ1) is 15.4. The van der Waals surface area contributed by atoms with Crippen LogP contribution in [0.15, 0.2) is 76.0 Å². The number of nitrogens with one attached hydrogen (secondary N) is 1. The van der Waals surface area contributed by atoms with Gasteiger partial charge in [0.2, 0.25) is 5.91 Å². The maximum absolute atomic E-state index is 12.6. The number of pyridine rings is 1. The Hall–Kier alpha value is -3.38. The highest BCUT2D eigenvalue weighted by Gasteiger charge is 2.15. The van der Waals surface area contributed by atoms with Crippen LogP contribution in [0.5, 0.6) is 5.75 Å². The maximum atomic E-state index is 12.6. The van der Waals surface area contributed by atoms with Gasteiger partial charge < -0.3 is 14.5 Å². The van der Waals surface area contributed by atoms with Crippen molar-refractivity contribution in [3.63, 3.8) is 0 Å². The van der Waals surface area contributed by atoms with Crippen LogP contribution in [0.4, 0.5) is 5.82 Å². The molecule has 0 aliphatic carbocycles. The normalized spacial score (nSPS) is 11.6. The van der Waals surface area contributed by atoms with Crippen LogP contribution in [0, 0.1) is 6.92 Å². The molecule has 4 aromatic rings. The van der Waals surface area contributed by atoms with E-state index in [1.807, 2.05) is 69.3 Å². The number of hydrogen-bond donors (Lipinski definition) is 1. The molecular formula is C26H23BrN2O3. The van der Waals surface area contributed by atoms with Gasteiger partial charge in [0.1, 0.15) is 17.2 Å². The van der Waals surface area contributed by atoms with E-state index in [0.717, 1.165) is 43.3 Å². The van der Waals surface area contributed by atoms with E-state index in [-0.39, 0.29) is 5.91 Å². The number of allylic oxidation sites excluding steroid dienone is 1. The second-order valence-corrected chi connectivity index (χ2v) is 8.38. The molecule has 1 N–H and O–H groups in total. The summed E-state index contributed by atoms with van der Waals surface area (Å²) in [5, 5.41) is 3.78. The lowest BCUT2D eigenvalue weighted by molar-refractivity contribution is -0.111. The molecule has 0 saturated heterocycles. The van der Waals surface area contributed by atoms with E-state index in [2.05, 4.69) is 26.2 Å². The van der Waals surface area contributed by atoms with Gasteiger partial charge in [-0.2, -0.15) is 0 Å². The Labute approximate surface area is 195 Å². The number of amides is 1. The van der Waals surface area contributed by atoms with Crippen LogP contribution in [0.1, 0.15) is 25.0 Å². The molecule has 4 rings (SSSR count). The number of halogens is 1. The third-order valence-corrected chi connectivity index (χ3v) is 5.60. The molecule has 0 aliphatic rings. The van der Waals surface area contributed by atoms with Crippen molar-refractivity contribution in [1.82, 2.24) is 4.98 Å². The maximum Gasteiger partial charge on any atom is 0.249 e. The van der Waals surface area contributed by atoms with E-state index in [1.54, 1.807) is 18.5 Å². The molecule has 2 heterocycles. The Morgan fingerprint density at radius 1 is 1.19 bits per heavy atom. The number of nitrogens with zero attached hydrogens (tertiary/aromatic N) is 1. The van der Waals surface area contributed by atoms with Crippen molar-refractivity contribution in [2.24, 2.45) is 0 Å².